The number of allylic oxidation sites excluding steroid dienone is 1. The molecule has 2 aromatic rings. The second kappa shape index (κ2) is 9.84. The minimum atomic E-state index is -0.469. The average molecular weight is 475 g/mol. The highest BCUT2D eigenvalue weighted by molar-refractivity contribution is 6.02. The molecule has 3 aliphatic heterocycles. The summed E-state index contributed by atoms with van der Waals surface area (Å²) in [5.41, 5.74) is 4.59. The van der Waals surface area contributed by atoms with Crippen LogP contribution in [0.25, 0.3) is 0 Å². The lowest BCUT2D eigenvalue weighted by atomic mass is 10.0. The second-order valence-corrected chi connectivity index (χ2v) is 9.91. The molecule has 2 amide bonds. The van der Waals surface area contributed by atoms with Crippen LogP contribution in [0.3, 0.4) is 0 Å². The number of nitrogens with one attached hydrogen (secondary N) is 1. The van der Waals surface area contributed by atoms with Gasteiger partial charge in [0, 0.05) is 49.0 Å². The van der Waals surface area contributed by atoms with Gasteiger partial charge >= 0.3 is 0 Å². The summed E-state index contributed by atoms with van der Waals surface area (Å²) in [4.78, 5) is 32.1. The Morgan fingerprint density at radius 1 is 1.09 bits per heavy atom. The number of piperazine rings is 1. The Labute approximate surface area is 207 Å². The SMILES string of the molecule is C=C1CC[C@H](N2Cc3c(OCc4ccc([C@@H](C)N5CCN(C)CC5)cc4)cccc3C2=O)C(=O)N1. The van der Waals surface area contributed by atoms with Crippen molar-refractivity contribution >= 4 is 11.8 Å². The maximum absolute atomic E-state index is 13.1. The van der Waals surface area contributed by atoms with Crippen molar-refractivity contribution in [3.63, 3.8) is 0 Å². The van der Waals surface area contributed by atoms with E-state index in [0.29, 0.717) is 49.0 Å². The highest BCUT2D eigenvalue weighted by atomic mass is 16.5. The summed E-state index contributed by atoms with van der Waals surface area (Å²) in [7, 11) is 2.18. The molecule has 0 saturated carbocycles. The predicted octanol–water partition coefficient (Wildman–Crippen LogP) is 3.32. The molecule has 7 heteroatoms. The van der Waals surface area contributed by atoms with Crippen LogP contribution in [-0.2, 0) is 17.9 Å². The van der Waals surface area contributed by atoms with E-state index in [1.807, 2.05) is 18.2 Å². The van der Waals surface area contributed by atoms with E-state index in [0.717, 1.165) is 37.3 Å². The van der Waals surface area contributed by atoms with Gasteiger partial charge in [0.1, 0.15) is 18.4 Å². The van der Waals surface area contributed by atoms with Crippen LogP contribution in [0.15, 0.2) is 54.7 Å². The summed E-state index contributed by atoms with van der Waals surface area (Å²) >= 11 is 0. The molecule has 0 spiro atoms. The molecular weight excluding hydrogens is 440 g/mol. The van der Waals surface area contributed by atoms with Crippen molar-refractivity contribution in [2.45, 2.75) is 45.0 Å². The number of piperidine rings is 1. The van der Waals surface area contributed by atoms with E-state index < -0.39 is 6.04 Å². The van der Waals surface area contributed by atoms with Gasteiger partial charge in [0.2, 0.25) is 5.91 Å². The molecule has 3 heterocycles. The first-order chi connectivity index (χ1) is 16.9. The van der Waals surface area contributed by atoms with Gasteiger partial charge in [0.25, 0.3) is 5.91 Å². The fourth-order valence-corrected chi connectivity index (χ4v) is 5.25. The van der Waals surface area contributed by atoms with E-state index in [1.54, 1.807) is 4.90 Å². The monoisotopic (exact) mass is 474 g/mol. The number of hydrogen-bond donors (Lipinski definition) is 1. The molecule has 2 aromatic carbocycles. The van der Waals surface area contributed by atoms with Crippen LogP contribution in [0.1, 0.15) is 52.9 Å². The molecule has 2 saturated heterocycles. The first kappa shape index (κ1) is 23.6. The highest BCUT2D eigenvalue weighted by Gasteiger charge is 2.39. The molecule has 5 rings (SSSR count). The van der Waals surface area contributed by atoms with E-state index in [-0.39, 0.29) is 11.8 Å². The number of nitrogens with zero attached hydrogens (tertiary/aromatic N) is 3. The smallest absolute Gasteiger partial charge is 0.255 e. The molecule has 184 valence electrons. The van der Waals surface area contributed by atoms with Crippen LogP contribution in [-0.4, -0.2) is 65.8 Å². The van der Waals surface area contributed by atoms with Gasteiger partial charge in [-0.3, -0.25) is 14.5 Å². The van der Waals surface area contributed by atoms with E-state index in [4.69, 9.17) is 4.74 Å². The number of amides is 2. The first-order valence-corrected chi connectivity index (χ1v) is 12.5. The largest absolute Gasteiger partial charge is 0.489 e. The average Bonchev–Trinajstić information content (AvgIpc) is 3.20. The van der Waals surface area contributed by atoms with Crippen molar-refractivity contribution < 1.29 is 14.3 Å². The Bertz CT molecular complexity index is 1120. The van der Waals surface area contributed by atoms with Gasteiger partial charge in [-0.1, -0.05) is 36.9 Å². The number of carbonyl (C=O) groups excluding carboxylic acids is 2. The summed E-state index contributed by atoms with van der Waals surface area (Å²) < 4.78 is 6.18. The predicted molar refractivity (Wildman–Crippen MR) is 135 cm³/mol. The van der Waals surface area contributed by atoms with Crippen molar-refractivity contribution in [1.29, 1.82) is 0 Å². The first-order valence-electron chi connectivity index (χ1n) is 12.5. The summed E-state index contributed by atoms with van der Waals surface area (Å²) in [6, 6.07) is 14.1. The maximum atomic E-state index is 13.1. The molecule has 0 radical (unpaired) electrons. The number of hydrogen-bond acceptors (Lipinski definition) is 5. The molecule has 7 nitrogen and oxygen atoms in total. The molecular formula is C28H34N4O3. The third-order valence-electron chi connectivity index (χ3n) is 7.59. The van der Waals surface area contributed by atoms with Gasteiger partial charge in [-0.25, -0.2) is 0 Å². The molecule has 2 fully saturated rings. The van der Waals surface area contributed by atoms with Gasteiger partial charge in [-0.15, -0.1) is 0 Å². The van der Waals surface area contributed by atoms with Gasteiger partial charge in [0.15, 0.2) is 0 Å². The molecule has 1 N–H and O–H groups in total. The molecule has 0 bridgehead atoms. The van der Waals surface area contributed by atoms with Gasteiger partial charge in [-0.05, 0) is 50.1 Å². The topological polar surface area (TPSA) is 65.1 Å². The number of fused-ring (bicyclic) bond motifs is 1. The molecule has 3 aliphatic rings. The minimum absolute atomic E-state index is 0.111. The normalized spacial score (nSPS) is 22.2. The van der Waals surface area contributed by atoms with Crippen LogP contribution < -0.4 is 10.1 Å². The number of ether oxygens (including phenoxy) is 1. The Balaban J connectivity index is 1.23. The van der Waals surface area contributed by atoms with E-state index >= 15 is 0 Å². The van der Waals surface area contributed by atoms with Crippen molar-refractivity contribution in [2.75, 3.05) is 33.2 Å². The number of carbonyl (C=O) groups is 2. The van der Waals surface area contributed by atoms with Crippen LogP contribution >= 0.6 is 0 Å². The Morgan fingerprint density at radius 2 is 1.83 bits per heavy atom. The van der Waals surface area contributed by atoms with E-state index in [2.05, 4.69) is 59.9 Å². The lowest BCUT2D eigenvalue weighted by molar-refractivity contribution is -0.126. The van der Waals surface area contributed by atoms with Crippen LogP contribution in [0.4, 0.5) is 0 Å². The fourth-order valence-electron chi connectivity index (χ4n) is 5.25. The zero-order valence-corrected chi connectivity index (χ0v) is 20.6. The molecule has 0 unspecified atom stereocenters. The summed E-state index contributed by atoms with van der Waals surface area (Å²) in [5, 5.41) is 2.79. The second-order valence-electron chi connectivity index (χ2n) is 9.91. The number of likely N-dealkylation sites (N-methyl/N-ethyl adjacent to an activating group) is 1. The van der Waals surface area contributed by atoms with Crippen molar-refractivity contribution in [3.05, 3.63) is 77.0 Å². The molecule has 0 aromatic heterocycles. The molecule has 35 heavy (non-hydrogen) atoms. The Morgan fingerprint density at radius 3 is 2.54 bits per heavy atom. The van der Waals surface area contributed by atoms with Crippen LogP contribution in [0, 0.1) is 0 Å². The van der Waals surface area contributed by atoms with Gasteiger partial charge in [0.05, 0.1) is 6.54 Å². The Kier molecular flexibility index (Phi) is 6.62. The standard InChI is InChI=1S/C28H34N4O3/c1-19-7-12-25(27(33)29-19)32-17-24-23(28(32)34)5-4-6-26(24)35-18-21-8-10-22(11-9-21)20(2)31-15-13-30(3)14-16-31/h4-6,8-11,20,25H,1,7,12-18H2,2-3H3,(H,29,33)/t20-,25+/m1/s1. The lowest BCUT2D eigenvalue weighted by Gasteiger charge is -2.36. The quantitative estimate of drug-likeness (QED) is 0.696. The van der Waals surface area contributed by atoms with Crippen molar-refractivity contribution in [3.8, 4) is 5.75 Å². The summed E-state index contributed by atoms with van der Waals surface area (Å²) in [5.74, 6) is 0.435. The molecule has 2 atom stereocenters. The van der Waals surface area contributed by atoms with E-state index in [1.165, 1.54) is 5.56 Å². The maximum Gasteiger partial charge on any atom is 0.255 e. The Hall–Kier alpha value is -3.16. The van der Waals surface area contributed by atoms with Crippen LogP contribution in [0.2, 0.25) is 0 Å². The summed E-state index contributed by atoms with van der Waals surface area (Å²) in [6.07, 6.45) is 1.28. The minimum Gasteiger partial charge on any atom is -0.489 e. The summed E-state index contributed by atoms with van der Waals surface area (Å²) in [6.45, 7) is 11.3. The number of benzene rings is 2. The number of rotatable bonds is 6. The molecule has 0 aliphatic carbocycles. The van der Waals surface area contributed by atoms with Gasteiger partial charge in [-0.2, -0.15) is 0 Å². The highest BCUT2D eigenvalue weighted by Crippen LogP contribution is 2.34. The fraction of sp³-hybridized carbons (Fsp3) is 0.429. The van der Waals surface area contributed by atoms with Crippen molar-refractivity contribution in [1.82, 2.24) is 20.0 Å². The lowest BCUT2D eigenvalue weighted by Crippen LogP contribution is -2.49. The zero-order chi connectivity index (χ0) is 24.5. The van der Waals surface area contributed by atoms with Crippen molar-refractivity contribution in [2.24, 2.45) is 0 Å². The zero-order valence-electron chi connectivity index (χ0n) is 20.6. The van der Waals surface area contributed by atoms with E-state index in [9.17, 15) is 9.59 Å². The third kappa shape index (κ3) is 4.83. The van der Waals surface area contributed by atoms with Gasteiger partial charge < -0.3 is 19.9 Å². The van der Waals surface area contributed by atoms with Crippen LogP contribution in [0.5, 0.6) is 5.75 Å². The third-order valence-corrected chi connectivity index (χ3v) is 7.59.